The second kappa shape index (κ2) is 12.5. The normalized spacial score (nSPS) is 19.2. The smallest absolute Gasteiger partial charge is 0.209 e. The Balaban J connectivity index is 1.64. The van der Waals surface area contributed by atoms with E-state index in [-0.39, 0.29) is 0 Å². The number of nitrogens with one attached hydrogen (secondary N) is 1. The van der Waals surface area contributed by atoms with Gasteiger partial charge in [-0.05, 0) is 50.4 Å². The van der Waals surface area contributed by atoms with E-state index in [0.717, 1.165) is 57.6 Å². The topological polar surface area (TPSA) is 44.8 Å². The summed E-state index contributed by atoms with van der Waals surface area (Å²) in [5.41, 5.74) is 2.59. The van der Waals surface area contributed by atoms with Crippen LogP contribution in [0.4, 0.5) is 0 Å². The summed E-state index contributed by atoms with van der Waals surface area (Å²) >= 11 is 0. The van der Waals surface area contributed by atoms with E-state index in [1.807, 2.05) is 19.2 Å². The minimum atomic E-state index is 0.377. The Labute approximate surface area is 187 Å². The zero-order chi connectivity index (χ0) is 21.9. The molecule has 5 heteroatoms. The molecule has 1 N–H and O–H groups in total. The first-order valence-electron chi connectivity index (χ1n) is 11.5. The number of benzene rings is 2. The zero-order valence-corrected chi connectivity index (χ0v) is 19.0. The molecule has 0 radical (unpaired) electrons. The van der Waals surface area contributed by atoms with Crippen LogP contribution < -0.4 is 10.1 Å². The van der Waals surface area contributed by atoms with Crippen LogP contribution in [0, 0.1) is 0 Å². The molecule has 31 heavy (non-hydrogen) atoms. The predicted octanol–water partition coefficient (Wildman–Crippen LogP) is 4.25. The molecule has 1 aliphatic rings. The Hall–Kier alpha value is -2.37. The maximum absolute atomic E-state index is 10.8. The molecule has 1 amide bonds. The first-order chi connectivity index (χ1) is 15.2. The SMILES string of the molecule is COc1ccccc1CN[C@H]1CCCN(CCCCCN(C)C=O)[C@H]1c1ccccc1. The van der Waals surface area contributed by atoms with Crippen LogP contribution in [0.3, 0.4) is 0 Å². The third-order valence-electron chi connectivity index (χ3n) is 6.26. The maximum atomic E-state index is 10.8. The Morgan fingerprint density at radius 1 is 1.10 bits per heavy atom. The van der Waals surface area contributed by atoms with Gasteiger partial charge in [0.1, 0.15) is 5.75 Å². The molecule has 1 aliphatic heterocycles. The van der Waals surface area contributed by atoms with E-state index in [2.05, 4.69) is 52.7 Å². The second-order valence-electron chi connectivity index (χ2n) is 8.48. The molecule has 1 heterocycles. The van der Waals surface area contributed by atoms with E-state index in [0.29, 0.717) is 12.1 Å². The van der Waals surface area contributed by atoms with E-state index in [1.54, 1.807) is 12.0 Å². The molecule has 0 unspecified atom stereocenters. The number of hydrogen-bond acceptors (Lipinski definition) is 4. The van der Waals surface area contributed by atoms with Crippen LogP contribution in [0.5, 0.6) is 5.75 Å². The number of rotatable bonds is 12. The van der Waals surface area contributed by atoms with Gasteiger partial charge in [-0.25, -0.2) is 0 Å². The van der Waals surface area contributed by atoms with Crippen molar-refractivity contribution in [3.63, 3.8) is 0 Å². The number of para-hydroxylation sites is 1. The summed E-state index contributed by atoms with van der Waals surface area (Å²) in [7, 11) is 3.59. The molecular weight excluding hydrogens is 386 g/mol. The van der Waals surface area contributed by atoms with Gasteiger partial charge < -0.3 is 15.0 Å². The van der Waals surface area contributed by atoms with Crippen molar-refractivity contribution in [1.82, 2.24) is 15.1 Å². The third kappa shape index (κ3) is 6.81. The first-order valence-corrected chi connectivity index (χ1v) is 11.5. The molecule has 1 saturated heterocycles. The molecule has 2 atom stereocenters. The average molecular weight is 424 g/mol. The van der Waals surface area contributed by atoms with Crippen molar-refractivity contribution in [2.45, 2.75) is 50.7 Å². The quantitative estimate of drug-likeness (QED) is 0.409. The summed E-state index contributed by atoms with van der Waals surface area (Å²) in [4.78, 5) is 15.1. The van der Waals surface area contributed by atoms with Crippen molar-refractivity contribution in [3.05, 3.63) is 65.7 Å². The van der Waals surface area contributed by atoms with Crippen molar-refractivity contribution < 1.29 is 9.53 Å². The van der Waals surface area contributed by atoms with Crippen LogP contribution in [0.15, 0.2) is 54.6 Å². The Morgan fingerprint density at radius 2 is 1.87 bits per heavy atom. The van der Waals surface area contributed by atoms with Crippen LogP contribution in [0.1, 0.15) is 49.3 Å². The molecule has 0 aliphatic carbocycles. The van der Waals surface area contributed by atoms with E-state index in [1.165, 1.54) is 24.0 Å². The number of hydrogen-bond donors (Lipinski definition) is 1. The van der Waals surface area contributed by atoms with Gasteiger partial charge in [0, 0.05) is 31.7 Å². The molecule has 0 spiro atoms. The molecule has 5 nitrogen and oxygen atoms in total. The lowest BCUT2D eigenvalue weighted by molar-refractivity contribution is -0.117. The molecule has 2 aromatic carbocycles. The van der Waals surface area contributed by atoms with Gasteiger partial charge in [-0.15, -0.1) is 0 Å². The van der Waals surface area contributed by atoms with Gasteiger partial charge in [-0.2, -0.15) is 0 Å². The predicted molar refractivity (Wildman–Crippen MR) is 126 cm³/mol. The van der Waals surface area contributed by atoms with Crippen molar-refractivity contribution in [2.75, 3.05) is 33.8 Å². The molecule has 0 saturated carbocycles. The number of unbranched alkanes of at least 4 members (excludes halogenated alkanes) is 2. The first kappa shape index (κ1) is 23.3. The van der Waals surface area contributed by atoms with Crippen molar-refractivity contribution in [2.24, 2.45) is 0 Å². The van der Waals surface area contributed by atoms with Crippen LogP contribution in [0.2, 0.25) is 0 Å². The second-order valence-corrected chi connectivity index (χ2v) is 8.48. The Bertz CT molecular complexity index is 783. The number of amides is 1. The number of methoxy groups -OCH3 is 1. The summed E-state index contributed by atoms with van der Waals surface area (Å²) in [6.45, 7) is 3.89. The fraction of sp³-hybridized carbons (Fsp3) is 0.500. The van der Waals surface area contributed by atoms with Crippen LogP contribution in [0.25, 0.3) is 0 Å². The van der Waals surface area contributed by atoms with Gasteiger partial charge in [-0.1, -0.05) is 55.0 Å². The van der Waals surface area contributed by atoms with Crippen molar-refractivity contribution in [3.8, 4) is 5.75 Å². The fourth-order valence-electron chi connectivity index (χ4n) is 4.62. The van der Waals surface area contributed by atoms with Crippen molar-refractivity contribution in [1.29, 1.82) is 0 Å². The minimum Gasteiger partial charge on any atom is -0.496 e. The van der Waals surface area contributed by atoms with Gasteiger partial charge in [0.2, 0.25) is 6.41 Å². The van der Waals surface area contributed by atoms with E-state index in [9.17, 15) is 4.79 Å². The molecule has 2 aromatic rings. The van der Waals surface area contributed by atoms with Gasteiger partial charge in [0.15, 0.2) is 0 Å². The summed E-state index contributed by atoms with van der Waals surface area (Å²) in [5, 5.41) is 3.85. The number of likely N-dealkylation sites (tertiary alicyclic amines) is 1. The van der Waals surface area contributed by atoms with Crippen LogP contribution in [-0.2, 0) is 11.3 Å². The zero-order valence-electron chi connectivity index (χ0n) is 19.0. The maximum Gasteiger partial charge on any atom is 0.209 e. The van der Waals surface area contributed by atoms with Crippen LogP contribution in [-0.4, -0.2) is 56.0 Å². The lowest BCUT2D eigenvalue weighted by Crippen LogP contribution is -2.48. The highest BCUT2D eigenvalue weighted by molar-refractivity contribution is 5.46. The lowest BCUT2D eigenvalue weighted by atomic mass is 9.89. The Morgan fingerprint density at radius 3 is 2.65 bits per heavy atom. The third-order valence-corrected chi connectivity index (χ3v) is 6.26. The van der Waals surface area contributed by atoms with Gasteiger partial charge in [0.05, 0.1) is 13.2 Å². The number of nitrogens with zero attached hydrogens (tertiary/aromatic N) is 2. The fourth-order valence-corrected chi connectivity index (χ4v) is 4.62. The number of piperidine rings is 1. The highest BCUT2D eigenvalue weighted by atomic mass is 16.5. The molecule has 0 bridgehead atoms. The van der Waals surface area contributed by atoms with Gasteiger partial charge in [0.25, 0.3) is 0 Å². The molecule has 3 rings (SSSR count). The number of ether oxygens (including phenoxy) is 1. The van der Waals surface area contributed by atoms with E-state index >= 15 is 0 Å². The largest absolute Gasteiger partial charge is 0.496 e. The standard InChI is InChI=1S/C26H37N3O2/c1-28(21-30)17-9-4-10-18-29-19-11-15-24(26(29)22-12-5-3-6-13-22)27-20-23-14-7-8-16-25(23)31-2/h3,5-8,12-14,16,21,24,26-27H,4,9-11,15,17-20H2,1-2H3/t24-,26-/m0/s1. The van der Waals surface area contributed by atoms with E-state index < -0.39 is 0 Å². The number of carbonyl (C=O) groups excluding carboxylic acids is 1. The summed E-state index contributed by atoms with van der Waals surface area (Å²) in [5.74, 6) is 0.944. The highest BCUT2D eigenvalue weighted by Crippen LogP contribution is 2.32. The lowest BCUT2D eigenvalue weighted by Gasteiger charge is -2.42. The summed E-state index contributed by atoms with van der Waals surface area (Å²) in [6.07, 6.45) is 6.67. The van der Waals surface area contributed by atoms with Gasteiger partial charge in [-0.3, -0.25) is 9.69 Å². The van der Waals surface area contributed by atoms with Crippen LogP contribution >= 0.6 is 0 Å². The minimum absolute atomic E-state index is 0.377. The summed E-state index contributed by atoms with van der Waals surface area (Å²) < 4.78 is 5.54. The highest BCUT2D eigenvalue weighted by Gasteiger charge is 2.32. The Kier molecular flexibility index (Phi) is 9.38. The molecular formula is C26H37N3O2. The molecule has 0 aromatic heterocycles. The van der Waals surface area contributed by atoms with Gasteiger partial charge >= 0.3 is 0 Å². The molecule has 1 fully saturated rings. The number of carbonyl (C=O) groups is 1. The monoisotopic (exact) mass is 423 g/mol. The van der Waals surface area contributed by atoms with E-state index in [4.69, 9.17) is 4.74 Å². The molecule has 168 valence electrons. The summed E-state index contributed by atoms with van der Waals surface area (Å²) in [6, 6.07) is 20.0. The average Bonchev–Trinajstić information content (AvgIpc) is 2.83. The van der Waals surface area contributed by atoms with Crippen molar-refractivity contribution >= 4 is 6.41 Å².